The van der Waals surface area contributed by atoms with E-state index in [9.17, 15) is 0 Å². The van der Waals surface area contributed by atoms with Gasteiger partial charge in [0.25, 0.3) is 0 Å². The van der Waals surface area contributed by atoms with Crippen LogP contribution in [0.3, 0.4) is 0 Å². The molecule has 0 saturated heterocycles. The largest absolute Gasteiger partial charge is 0.396 e. The molecule has 1 saturated carbocycles. The minimum Gasteiger partial charge on any atom is -0.396 e. The van der Waals surface area contributed by atoms with Crippen LogP contribution in [0, 0.1) is 0 Å². The highest BCUT2D eigenvalue weighted by atomic mass is 15.0. The second-order valence-corrected chi connectivity index (χ2v) is 6.00. The Morgan fingerprint density at radius 2 is 1.76 bits per heavy atom. The van der Waals surface area contributed by atoms with Gasteiger partial charge in [0.1, 0.15) is 5.82 Å². The van der Waals surface area contributed by atoms with Gasteiger partial charge in [-0.2, -0.15) is 0 Å². The smallest absolute Gasteiger partial charge is 0.149 e. The van der Waals surface area contributed by atoms with E-state index >= 15 is 0 Å². The van der Waals surface area contributed by atoms with Crippen molar-refractivity contribution >= 4 is 11.5 Å². The first-order chi connectivity index (χ1) is 10.3. The number of pyridine rings is 1. The normalized spacial score (nSPS) is 17.3. The Labute approximate surface area is 126 Å². The molecule has 0 unspecified atom stereocenters. The van der Waals surface area contributed by atoms with Gasteiger partial charge in [-0.25, -0.2) is 4.98 Å². The molecule has 1 fully saturated rings. The van der Waals surface area contributed by atoms with Crippen molar-refractivity contribution in [2.24, 2.45) is 0 Å². The highest BCUT2D eigenvalue weighted by Gasteiger charge is 2.33. The fourth-order valence-corrected chi connectivity index (χ4v) is 3.41. The summed E-state index contributed by atoms with van der Waals surface area (Å²) in [5, 5.41) is 3.49. The van der Waals surface area contributed by atoms with Crippen molar-refractivity contribution in [1.29, 1.82) is 0 Å². The fourth-order valence-electron chi connectivity index (χ4n) is 3.41. The van der Waals surface area contributed by atoms with Gasteiger partial charge in [0.05, 0.1) is 5.69 Å². The summed E-state index contributed by atoms with van der Waals surface area (Å²) in [5.74, 6) is 0.804. The number of nitrogen functional groups attached to an aromatic ring is 1. The zero-order chi connectivity index (χ0) is 14.5. The first kappa shape index (κ1) is 13.9. The van der Waals surface area contributed by atoms with Crippen LogP contribution in [0.2, 0.25) is 0 Å². The van der Waals surface area contributed by atoms with Gasteiger partial charge in [-0.05, 0) is 30.5 Å². The summed E-state index contributed by atoms with van der Waals surface area (Å²) in [7, 11) is 0. The van der Waals surface area contributed by atoms with Crippen LogP contribution in [0.25, 0.3) is 0 Å². The van der Waals surface area contributed by atoms with Crippen LogP contribution in [-0.4, -0.2) is 11.5 Å². The number of anilines is 2. The molecule has 1 heterocycles. The van der Waals surface area contributed by atoms with Crippen LogP contribution < -0.4 is 11.1 Å². The molecule has 0 bridgehead atoms. The van der Waals surface area contributed by atoms with Crippen molar-refractivity contribution in [1.82, 2.24) is 4.98 Å². The highest BCUT2D eigenvalue weighted by Crippen LogP contribution is 2.39. The Morgan fingerprint density at radius 3 is 2.48 bits per heavy atom. The summed E-state index contributed by atoms with van der Waals surface area (Å²) in [4.78, 5) is 4.35. The van der Waals surface area contributed by atoms with Gasteiger partial charge in [0, 0.05) is 18.2 Å². The van der Waals surface area contributed by atoms with Gasteiger partial charge in [-0.15, -0.1) is 0 Å². The first-order valence-electron chi connectivity index (χ1n) is 7.80. The summed E-state index contributed by atoms with van der Waals surface area (Å²) >= 11 is 0. The molecule has 1 aromatic carbocycles. The molecule has 2 aromatic rings. The average Bonchev–Trinajstić information content (AvgIpc) is 2.56. The summed E-state index contributed by atoms with van der Waals surface area (Å²) in [6, 6.07) is 14.6. The van der Waals surface area contributed by atoms with Gasteiger partial charge in [-0.1, -0.05) is 49.6 Å². The number of rotatable bonds is 4. The number of aromatic nitrogens is 1. The standard InChI is InChI=1S/C18H23N3/c19-16-10-7-13-20-17(16)21-14-18(11-5-2-6-12-18)15-8-3-1-4-9-15/h1,3-4,7-10,13H,2,5-6,11-12,14,19H2,(H,20,21). The van der Waals surface area contributed by atoms with E-state index in [1.165, 1.54) is 37.7 Å². The molecule has 0 aliphatic heterocycles. The van der Waals surface area contributed by atoms with Crippen molar-refractivity contribution in [2.45, 2.75) is 37.5 Å². The molecule has 0 spiro atoms. The summed E-state index contributed by atoms with van der Waals surface area (Å²) in [6.45, 7) is 0.901. The molecule has 1 aliphatic rings. The van der Waals surface area contributed by atoms with Crippen molar-refractivity contribution in [3.8, 4) is 0 Å². The van der Waals surface area contributed by atoms with Crippen LogP contribution in [0.4, 0.5) is 11.5 Å². The number of nitrogens with zero attached hydrogens (tertiary/aromatic N) is 1. The Morgan fingerprint density at radius 1 is 1.00 bits per heavy atom. The second-order valence-electron chi connectivity index (χ2n) is 6.00. The Hall–Kier alpha value is -2.03. The number of hydrogen-bond acceptors (Lipinski definition) is 3. The SMILES string of the molecule is Nc1cccnc1NCC1(c2ccccc2)CCCCC1. The molecular formula is C18H23N3. The van der Waals surface area contributed by atoms with Gasteiger partial charge >= 0.3 is 0 Å². The van der Waals surface area contributed by atoms with Gasteiger partial charge in [0.15, 0.2) is 0 Å². The maximum Gasteiger partial charge on any atom is 0.149 e. The molecule has 3 N–H and O–H groups in total. The summed E-state index contributed by atoms with van der Waals surface area (Å²) in [6.07, 6.45) is 8.20. The van der Waals surface area contributed by atoms with Crippen molar-refractivity contribution in [3.63, 3.8) is 0 Å². The van der Waals surface area contributed by atoms with Gasteiger partial charge in [0.2, 0.25) is 0 Å². The molecule has 1 aromatic heterocycles. The lowest BCUT2D eigenvalue weighted by molar-refractivity contribution is 0.308. The third kappa shape index (κ3) is 3.02. The van der Waals surface area contributed by atoms with E-state index in [2.05, 4.69) is 40.6 Å². The van der Waals surface area contributed by atoms with Gasteiger partial charge in [-0.3, -0.25) is 0 Å². The van der Waals surface area contributed by atoms with E-state index in [4.69, 9.17) is 5.73 Å². The maximum absolute atomic E-state index is 5.99. The Bertz CT molecular complexity index is 574. The van der Waals surface area contributed by atoms with E-state index in [1.807, 2.05) is 12.1 Å². The van der Waals surface area contributed by atoms with Crippen LogP contribution in [0.1, 0.15) is 37.7 Å². The van der Waals surface area contributed by atoms with E-state index in [0.717, 1.165) is 18.1 Å². The minimum absolute atomic E-state index is 0.212. The highest BCUT2D eigenvalue weighted by molar-refractivity contribution is 5.60. The van der Waals surface area contributed by atoms with Crippen molar-refractivity contribution in [2.75, 3.05) is 17.6 Å². The van der Waals surface area contributed by atoms with Crippen LogP contribution >= 0.6 is 0 Å². The van der Waals surface area contributed by atoms with Crippen LogP contribution in [0.5, 0.6) is 0 Å². The molecular weight excluding hydrogens is 258 g/mol. The summed E-state index contributed by atoms with van der Waals surface area (Å²) < 4.78 is 0. The predicted octanol–water partition coefficient (Wildman–Crippen LogP) is 3.98. The minimum atomic E-state index is 0.212. The molecule has 3 heteroatoms. The van der Waals surface area contributed by atoms with E-state index < -0.39 is 0 Å². The molecule has 0 atom stereocenters. The molecule has 0 amide bonds. The lowest BCUT2D eigenvalue weighted by Crippen LogP contribution is -2.36. The quantitative estimate of drug-likeness (QED) is 0.891. The number of hydrogen-bond donors (Lipinski definition) is 2. The molecule has 0 radical (unpaired) electrons. The molecule has 3 nitrogen and oxygen atoms in total. The van der Waals surface area contributed by atoms with Crippen molar-refractivity contribution in [3.05, 3.63) is 54.2 Å². The lowest BCUT2D eigenvalue weighted by atomic mass is 9.69. The van der Waals surface area contributed by atoms with Gasteiger partial charge < -0.3 is 11.1 Å². The number of benzene rings is 1. The average molecular weight is 281 g/mol. The number of nitrogens with one attached hydrogen (secondary N) is 1. The third-order valence-corrected chi connectivity index (χ3v) is 4.63. The lowest BCUT2D eigenvalue weighted by Gasteiger charge is -2.38. The zero-order valence-electron chi connectivity index (χ0n) is 12.4. The Balaban J connectivity index is 1.82. The van der Waals surface area contributed by atoms with Crippen LogP contribution in [-0.2, 0) is 5.41 Å². The summed E-state index contributed by atoms with van der Waals surface area (Å²) in [5.41, 5.74) is 8.36. The monoisotopic (exact) mass is 281 g/mol. The molecule has 1 aliphatic carbocycles. The van der Waals surface area contributed by atoms with E-state index in [1.54, 1.807) is 6.20 Å². The first-order valence-corrected chi connectivity index (χ1v) is 7.80. The van der Waals surface area contributed by atoms with E-state index in [-0.39, 0.29) is 5.41 Å². The number of nitrogens with two attached hydrogens (primary N) is 1. The Kier molecular flexibility index (Phi) is 4.09. The zero-order valence-corrected chi connectivity index (χ0v) is 12.4. The fraction of sp³-hybridized carbons (Fsp3) is 0.389. The van der Waals surface area contributed by atoms with Crippen LogP contribution in [0.15, 0.2) is 48.7 Å². The topological polar surface area (TPSA) is 50.9 Å². The van der Waals surface area contributed by atoms with E-state index in [0.29, 0.717) is 0 Å². The van der Waals surface area contributed by atoms with Crippen molar-refractivity contribution < 1.29 is 0 Å². The molecule has 21 heavy (non-hydrogen) atoms. The molecule has 110 valence electrons. The second kappa shape index (κ2) is 6.17. The maximum atomic E-state index is 5.99. The molecule has 3 rings (SSSR count). The third-order valence-electron chi connectivity index (χ3n) is 4.63. The predicted molar refractivity (Wildman–Crippen MR) is 88.3 cm³/mol.